The number of nitrogens with one attached hydrogen (secondary N) is 1. The summed E-state index contributed by atoms with van der Waals surface area (Å²) in [6, 6.07) is 5.23. The van der Waals surface area contributed by atoms with E-state index in [1.807, 2.05) is 6.07 Å². The minimum atomic E-state index is -0.608. The highest BCUT2D eigenvalue weighted by Gasteiger charge is 2.47. The molecule has 6 nitrogen and oxygen atoms in total. The van der Waals surface area contributed by atoms with Crippen molar-refractivity contribution in [3.8, 4) is 0 Å². The molecule has 0 bridgehead atoms. The van der Waals surface area contributed by atoms with E-state index in [1.54, 1.807) is 29.0 Å². The van der Waals surface area contributed by atoms with Gasteiger partial charge < -0.3 is 19.9 Å². The summed E-state index contributed by atoms with van der Waals surface area (Å²) in [6.45, 7) is 0.615. The lowest BCUT2D eigenvalue weighted by Gasteiger charge is -2.17. The Kier molecular flexibility index (Phi) is 3.15. The van der Waals surface area contributed by atoms with Crippen molar-refractivity contribution >= 4 is 27.5 Å². The van der Waals surface area contributed by atoms with Gasteiger partial charge in [0, 0.05) is 5.56 Å². The molecule has 0 saturated carbocycles. The monoisotopic (exact) mass is 306 g/mol. The van der Waals surface area contributed by atoms with E-state index >= 15 is 0 Å². The molecule has 2 saturated heterocycles. The Hall–Kier alpha value is -1.54. The number of hydrogen-bond acceptors (Lipinski definition) is 6. The van der Waals surface area contributed by atoms with Crippen molar-refractivity contribution in [3.63, 3.8) is 0 Å². The van der Waals surface area contributed by atoms with E-state index in [-0.39, 0.29) is 30.8 Å². The van der Waals surface area contributed by atoms with Crippen molar-refractivity contribution < 1.29 is 19.4 Å². The SMILES string of the molecule is O=C(N[C@@H]1CO[C@H]2[C@@H]1OC[C@H]2O)c1ccc2scnc2c1. The molecule has 7 heteroatoms. The van der Waals surface area contributed by atoms with Crippen LogP contribution < -0.4 is 5.32 Å². The van der Waals surface area contributed by atoms with Gasteiger partial charge in [-0.2, -0.15) is 0 Å². The van der Waals surface area contributed by atoms with Gasteiger partial charge in [0.05, 0.1) is 35.0 Å². The molecule has 1 aromatic heterocycles. The number of ether oxygens (including phenoxy) is 2. The predicted octanol–water partition coefficient (Wildman–Crippen LogP) is 0.553. The molecule has 1 amide bonds. The number of aromatic nitrogens is 1. The van der Waals surface area contributed by atoms with Crippen molar-refractivity contribution in [2.45, 2.75) is 24.4 Å². The van der Waals surface area contributed by atoms with E-state index in [0.717, 1.165) is 10.2 Å². The normalized spacial score (nSPS) is 31.5. The number of benzene rings is 1. The Labute approximate surface area is 124 Å². The van der Waals surface area contributed by atoms with Crippen LogP contribution in [0.4, 0.5) is 0 Å². The van der Waals surface area contributed by atoms with E-state index in [9.17, 15) is 9.90 Å². The average Bonchev–Trinajstić information content (AvgIpc) is 3.17. The van der Waals surface area contributed by atoms with Gasteiger partial charge in [0.2, 0.25) is 0 Å². The third-order valence-corrected chi connectivity index (χ3v) is 4.75. The molecule has 2 fully saturated rings. The van der Waals surface area contributed by atoms with Crippen LogP contribution in [0.25, 0.3) is 10.2 Å². The van der Waals surface area contributed by atoms with Gasteiger partial charge in [0.1, 0.15) is 18.3 Å². The molecular weight excluding hydrogens is 292 g/mol. The predicted molar refractivity (Wildman–Crippen MR) is 76.4 cm³/mol. The van der Waals surface area contributed by atoms with Crippen molar-refractivity contribution in [3.05, 3.63) is 29.3 Å². The van der Waals surface area contributed by atoms with Gasteiger partial charge in [0.25, 0.3) is 5.91 Å². The fraction of sp³-hybridized carbons (Fsp3) is 0.429. The molecule has 0 unspecified atom stereocenters. The first kappa shape index (κ1) is 13.1. The molecule has 0 aliphatic carbocycles. The molecule has 1 aromatic carbocycles. The highest BCUT2D eigenvalue weighted by Crippen LogP contribution is 2.27. The summed E-state index contributed by atoms with van der Waals surface area (Å²) in [5.41, 5.74) is 3.14. The fourth-order valence-corrected chi connectivity index (χ4v) is 3.51. The molecule has 4 rings (SSSR count). The van der Waals surface area contributed by atoms with E-state index in [4.69, 9.17) is 9.47 Å². The molecule has 0 spiro atoms. The minimum absolute atomic E-state index is 0.177. The number of carbonyl (C=O) groups is 1. The Morgan fingerprint density at radius 3 is 3.10 bits per heavy atom. The van der Waals surface area contributed by atoms with Crippen LogP contribution in [0.3, 0.4) is 0 Å². The number of amides is 1. The quantitative estimate of drug-likeness (QED) is 0.847. The number of aliphatic hydroxyl groups excluding tert-OH is 1. The number of rotatable bonds is 2. The van der Waals surface area contributed by atoms with Gasteiger partial charge in [-0.3, -0.25) is 4.79 Å². The summed E-state index contributed by atoms with van der Waals surface area (Å²) < 4.78 is 12.0. The first-order valence-electron chi connectivity index (χ1n) is 6.78. The van der Waals surface area contributed by atoms with Crippen LogP contribution in [0.15, 0.2) is 23.7 Å². The Bertz CT molecular complexity index is 688. The lowest BCUT2D eigenvalue weighted by atomic mass is 10.1. The van der Waals surface area contributed by atoms with Crippen molar-refractivity contribution in [2.24, 2.45) is 0 Å². The third kappa shape index (κ3) is 2.22. The topological polar surface area (TPSA) is 80.7 Å². The molecule has 3 heterocycles. The van der Waals surface area contributed by atoms with Gasteiger partial charge in [-0.25, -0.2) is 4.98 Å². The molecule has 2 aliphatic heterocycles. The average molecular weight is 306 g/mol. The van der Waals surface area contributed by atoms with Crippen LogP contribution in [-0.4, -0.2) is 53.6 Å². The summed E-state index contributed by atoms with van der Waals surface area (Å²) in [6.07, 6.45) is -1.22. The maximum atomic E-state index is 12.3. The van der Waals surface area contributed by atoms with Crippen LogP contribution >= 0.6 is 11.3 Å². The summed E-state index contributed by atoms with van der Waals surface area (Å²) in [7, 11) is 0. The summed E-state index contributed by atoms with van der Waals surface area (Å²) >= 11 is 1.54. The molecule has 4 atom stereocenters. The van der Waals surface area contributed by atoms with Crippen LogP contribution in [0.2, 0.25) is 0 Å². The van der Waals surface area contributed by atoms with Crippen molar-refractivity contribution in [2.75, 3.05) is 13.2 Å². The number of carbonyl (C=O) groups excluding carboxylic acids is 1. The molecule has 21 heavy (non-hydrogen) atoms. The first-order chi connectivity index (χ1) is 10.2. The molecule has 2 aromatic rings. The van der Waals surface area contributed by atoms with Gasteiger partial charge in [-0.15, -0.1) is 11.3 Å². The molecule has 110 valence electrons. The zero-order valence-corrected chi connectivity index (χ0v) is 11.9. The largest absolute Gasteiger partial charge is 0.388 e. The van der Waals surface area contributed by atoms with Crippen LogP contribution in [0.1, 0.15) is 10.4 Å². The lowest BCUT2D eigenvalue weighted by Crippen LogP contribution is -2.44. The minimum Gasteiger partial charge on any atom is -0.388 e. The molecule has 0 radical (unpaired) electrons. The summed E-state index contributed by atoms with van der Waals surface area (Å²) in [5.74, 6) is -0.177. The van der Waals surface area contributed by atoms with Crippen molar-refractivity contribution in [1.82, 2.24) is 10.3 Å². The Morgan fingerprint density at radius 2 is 2.19 bits per heavy atom. The number of aliphatic hydroxyl groups is 1. The van der Waals surface area contributed by atoms with Crippen LogP contribution in [-0.2, 0) is 9.47 Å². The maximum Gasteiger partial charge on any atom is 0.251 e. The van der Waals surface area contributed by atoms with E-state index in [0.29, 0.717) is 12.2 Å². The van der Waals surface area contributed by atoms with Gasteiger partial charge >= 0.3 is 0 Å². The fourth-order valence-electron chi connectivity index (χ4n) is 2.85. The second-order valence-electron chi connectivity index (χ2n) is 5.28. The second kappa shape index (κ2) is 5.03. The number of nitrogens with zero attached hydrogens (tertiary/aromatic N) is 1. The zero-order chi connectivity index (χ0) is 14.4. The maximum absolute atomic E-state index is 12.3. The first-order valence-corrected chi connectivity index (χ1v) is 7.66. The standard InChI is InChI=1S/C14H14N2O4S/c17-10-5-20-12-9(4-19-13(10)12)16-14(18)7-1-2-11-8(3-7)15-6-21-11/h1-3,6,9-10,12-13,17H,4-5H2,(H,16,18)/t9-,10-,12-,13-/m1/s1. The summed E-state index contributed by atoms with van der Waals surface area (Å²) in [4.78, 5) is 16.5. The number of fused-ring (bicyclic) bond motifs is 2. The highest BCUT2D eigenvalue weighted by atomic mass is 32.1. The third-order valence-electron chi connectivity index (χ3n) is 3.94. The summed E-state index contributed by atoms with van der Waals surface area (Å²) in [5, 5.41) is 12.6. The zero-order valence-electron chi connectivity index (χ0n) is 11.1. The Balaban J connectivity index is 1.50. The van der Waals surface area contributed by atoms with Crippen molar-refractivity contribution in [1.29, 1.82) is 0 Å². The van der Waals surface area contributed by atoms with E-state index < -0.39 is 6.10 Å². The smallest absolute Gasteiger partial charge is 0.251 e. The lowest BCUT2D eigenvalue weighted by molar-refractivity contribution is 0.0178. The van der Waals surface area contributed by atoms with E-state index in [1.165, 1.54) is 0 Å². The highest BCUT2D eigenvalue weighted by molar-refractivity contribution is 7.16. The molecule has 2 N–H and O–H groups in total. The number of thiazole rings is 1. The van der Waals surface area contributed by atoms with Crippen LogP contribution in [0, 0.1) is 0 Å². The second-order valence-corrected chi connectivity index (χ2v) is 6.16. The number of hydrogen-bond donors (Lipinski definition) is 2. The van der Waals surface area contributed by atoms with Crippen LogP contribution in [0.5, 0.6) is 0 Å². The van der Waals surface area contributed by atoms with Gasteiger partial charge in [0.15, 0.2) is 0 Å². The molecule has 2 aliphatic rings. The molecular formula is C14H14N2O4S. The van der Waals surface area contributed by atoms with E-state index in [2.05, 4.69) is 10.3 Å². The van der Waals surface area contributed by atoms with Gasteiger partial charge in [-0.05, 0) is 18.2 Å². The van der Waals surface area contributed by atoms with Gasteiger partial charge in [-0.1, -0.05) is 0 Å². The Morgan fingerprint density at radius 1 is 1.33 bits per heavy atom.